The minimum atomic E-state index is -0.884. The molecule has 3 amide bonds. The lowest BCUT2D eigenvalue weighted by atomic mass is 9.94. The molecule has 0 bridgehead atoms. The molecule has 0 aliphatic carbocycles. The van der Waals surface area contributed by atoms with Gasteiger partial charge in [0, 0.05) is 13.0 Å². The van der Waals surface area contributed by atoms with Gasteiger partial charge in [0.05, 0.1) is 0 Å². The summed E-state index contributed by atoms with van der Waals surface area (Å²) in [5.74, 6) is -1.13. The van der Waals surface area contributed by atoms with Crippen molar-refractivity contribution in [1.82, 2.24) is 10.6 Å². The number of hydrogen-bond acceptors (Lipinski definition) is 3. The number of hydrogen-bond donors (Lipinski definition) is 4. The van der Waals surface area contributed by atoms with Gasteiger partial charge < -0.3 is 21.5 Å². The van der Waals surface area contributed by atoms with Crippen LogP contribution in [0.25, 0.3) is 0 Å². The minimum Gasteiger partial charge on any atom is -0.481 e. The number of rotatable bonds is 9. The lowest BCUT2D eigenvalue weighted by molar-refractivity contribution is -0.138. The molecule has 122 valence electrons. The van der Waals surface area contributed by atoms with E-state index >= 15 is 0 Å². The molecule has 0 saturated heterocycles. The summed E-state index contributed by atoms with van der Waals surface area (Å²) in [5.41, 5.74) is 5.05. The maximum atomic E-state index is 12.1. The van der Waals surface area contributed by atoms with Crippen molar-refractivity contribution in [3.63, 3.8) is 0 Å². The minimum absolute atomic E-state index is 0.00799. The lowest BCUT2D eigenvalue weighted by Crippen LogP contribution is -2.52. The predicted molar refractivity (Wildman–Crippen MR) is 79.6 cm³/mol. The number of carbonyl (C=O) groups excluding carboxylic acids is 2. The van der Waals surface area contributed by atoms with Crippen LogP contribution in [0.15, 0.2) is 0 Å². The summed E-state index contributed by atoms with van der Waals surface area (Å²) in [7, 11) is 0. The first kappa shape index (κ1) is 19.2. The van der Waals surface area contributed by atoms with Gasteiger partial charge >= 0.3 is 12.0 Å². The van der Waals surface area contributed by atoms with E-state index < -0.39 is 18.0 Å². The number of nitrogens with one attached hydrogen (secondary N) is 2. The molecule has 0 radical (unpaired) electrons. The van der Waals surface area contributed by atoms with Crippen molar-refractivity contribution in [2.75, 3.05) is 6.54 Å². The number of aliphatic carboxylic acids is 1. The van der Waals surface area contributed by atoms with E-state index in [1.165, 1.54) is 0 Å². The molecule has 7 heteroatoms. The first-order valence-corrected chi connectivity index (χ1v) is 7.18. The fourth-order valence-electron chi connectivity index (χ4n) is 2.20. The highest BCUT2D eigenvalue weighted by Crippen LogP contribution is 2.15. The van der Waals surface area contributed by atoms with Crippen LogP contribution in [-0.2, 0) is 9.59 Å². The van der Waals surface area contributed by atoms with Gasteiger partial charge in [-0.3, -0.25) is 9.59 Å². The molecular weight excluding hydrogens is 274 g/mol. The Morgan fingerprint density at radius 2 is 1.71 bits per heavy atom. The number of carboxylic acids is 1. The Kier molecular flexibility index (Phi) is 8.42. The van der Waals surface area contributed by atoms with Gasteiger partial charge in [-0.05, 0) is 24.2 Å². The van der Waals surface area contributed by atoms with Crippen molar-refractivity contribution in [3.8, 4) is 0 Å². The Morgan fingerprint density at radius 1 is 1.14 bits per heavy atom. The second-order valence-corrected chi connectivity index (χ2v) is 6.07. The number of carboxylic acid groups (broad SMARTS) is 1. The van der Waals surface area contributed by atoms with E-state index in [1.807, 2.05) is 13.8 Å². The summed E-state index contributed by atoms with van der Waals surface area (Å²) in [5, 5.41) is 14.0. The van der Waals surface area contributed by atoms with Crippen molar-refractivity contribution in [2.24, 2.45) is 23.5 Å². The van der Waals surface area contributed by atoms with E-state index in [0.717, 1.165) is 0 Å². The Morgan fingerprint density at radius 3 is 2.10 bits per heavy atom. The van der Waals surface area contributed by atoms with Gasteiger partial charge in [0.15, 0.2) is 0 Å². The molecule has 0 aliphatic rings. The fourth-order valence-corrected chi connectivity index (χ4v) is 2.20. The van der Waals surface area contributed by atoms with Crippen molar-refractivity contribution in [3.05, 3.63) is 0 Å². The Bertz CT molecular complexity index is 369. The Hall–Kier alpha value is -1.79. The van der Waals surface area contributed by atoms with Gasteiger partial charge in [-0.2, -0.15) is 0 Å². The molecule has 1 unspecified atom stereocenters. The number of primary amides is 1. The monoisotopic (exact) mass is 301 g/mol. The summed E-state index contributed by atoms with van der Waals surface area (Å²) in [6.07, 6.45) is 0.718. The Balaban J connectivity index is 4.56. The van der Waals surface area contributed by atoms with Gasteiger partial charge in [-0.1, -0.05) is 27.7 Å². The quantitative estimate of drug-likeness (QED) is 0.506. The third kappa shape index (κ3) is 8.88. The molecule has 2 atom stereocenters. The maximum absolute atomic E-state index is 12.1. The molecule has 0 aromatic heterocycles. The summed E-state index contributed by atoms with van der Waals surface area (Å²) >= 11 is 0. The average Bonchev–Trinajstić information content (AvgIpc) is 2.30. The highest BCUT2D eigenvalue weighted by atomic mass is 16.4. The summed E-state index contributed by atoms with van der Waals surface area (Å²) < 4.78 is 0. The molecule has 0 aromatic carbocycles. The van der Waals surface area contributed by atoms with Crippen molar-refractivity contribution >= 4 is 17.9 Å². The normalized spacial score (nSPS) is 13.8. The Labute approximate surface area is 125 Å². The smallest absolute Gasteiger partial charge is 0.312 e. The zero-order chi connectivity index (χ0) is 16.6. The largest absolute Gasteiger partial charge is 0.481 e. The van der Waals surface area contributed by atoms with E-state index in [4.69, 9.17) is 10.8 Å². The van der Waals surface area contributed by atoms with Gasteiger partial charge in [-0.15, -0.1) is 0 Å². The molecule has 0 aromatic rings. The molecule has 7 nitrogen and oxygen atoms in total. The second kappa shape index (κ2) is 9.20. The zero-order valence-electron chi connectivity index (χ0n) is 13.2. The number of amides is 3. The van der Waals surface area contributed by atoms with Crippen LogP contribution in [0.4, 0.5) is 4.79 Å². The second-order valence-electron chi connectivity index (χ2n) is 6.07. The summed E-state index contributed by atoms with van der Waals surface area (Å²) in [6, 6.07) is -1.47. The highest BCUT2D eigenvalue weighted by Gasteiger charge is 2.24. The molecule has 0 heterocycles. The molecule has 0 rings (SSSR count). The third-order valence-corrected chi connectivity index (χ3v) is 3.08. The SMILES string of the molecule is CC(C)C[C@H](CNC(=O)C(NC(N)=O)C(C)C)CC(=O)O. The standard InChI is InChI=1S/C14H27N3O4/c1-8(2)5-10(6-11(18)19)7-16-13(20)12(9(3)4)17-14(15)21/h8-10,12H,5-7H2,1-4H3,(H,16,20)(H,18,19)(H3,15,17,21)/t10-,12?/m0/s1. The van der Waals surface area contributed by atoms with Crippen molar-refractivity contribution in [2.45, 2.75) is 46.6 Å². The third-order valence-electron chi connectivity index (χ3n) is 3.08. The first-order valence-electron chi connectivity index (χ1n) is 7.18. The predicted octanol–water partition coefficient (Wildman–Crippen LogP) is 0.933. The van der Waals surface area contributed by atoms with Crippen LogP contribution in [0.5, 0.6) is 0 Å². The van der Waals surface area contributed by atoms with Crippen molar-refractivity contribution in [1.29, 1.82) is 0 Å². The van der Waals surface area contributed by atoms with E-state index in [-0.39, 0.29) is 30.7 Å². The van der Waals surface area contributed by atoms with E-state index in [1.54, 1.807) is 13.8 Å². The van der Waals surface area contributed by atoms with Crippen LogP contribution in [0.3, 0.4) is 0 Å². The van der Waals surface area contributed by atoms with Crippen LogP contribution in [0.1, 0.15) is 40.5 Å². The maximum Gasteiger partial charge on any atom is 0.312 e. The summed E-state index contributed by atoms with van der Waals surface area (Å²) in [4.78, 5) is 33.8. The summed E-state index contributed by atoms with van der Waals surface area (Å²) in [6.45, 7) is 7.86. The average molecular weight is 301 g/mol. The molecule has 21 heavy (non-hydrogen) atoms. The van der Waals surface area contributed by atoms with E-state index in [9.17, 15) is 14.4 Å². The molecule has 0 fully saturated rings. The highest BCUT2D eigenvalue weighted by molar-refractivity contribution is 5.86. The number of nitrogens with two attached hydrogens (primary N) is 1. The van der Waals surface area contributed by atoms with Gasteiger partial charge in [0.2, 0.25) is 5.91 Å². The topological polar surface area (TPSA) is 122 Å². The first-order chi connectivity index (χ1) is 9.63. The van der Waals surface area contributed by atoms with Crippen LogP contribution >= 0.6 is 0 Å². The van der Waals surface area contributed by atoms with Crippen LogP contribution in [0, 0.1) is 17.8 Å². The molecule has 0 aliphatic heterocycles. The van der Waals surface area contributed by atoms with E-state index in [0.29, 0.717) is 12.3 Å². The van der Waals surface area contributed by atoms with Crippen molar-refractivity contribution < 1.29 is 19.5 Å². The van der Waals surface area contributed by atoms with Crippen LogP contribution in [-0.4, -0.2) is 35.6 Å². The van der Waals surface area contributed by atoms with E-state index in [2.05, 4.69) is 10.6 Å². The number of urea groups is 1. The fraction of sp³-hybridized carbons (Fsp3) is 0.786. The van der Waals surface area contributed by atoms with Crippen LogP contribution < -0.4 is 16.4 Å². The molecule has 0 saturated carbocycles. The zero-order valence-corrected chi connectivity index (χ0v) is 13.2. The van der Waals surface area contributed by atoms with Gasteiger partial charge in [0.25, 0.3) is 0 Å². The molecular formula is C14H27N3O4. The molecule has 0 spiro atoms. The van der Waals surface area contributed by atoms with Gasteiger partial charge in [-0.25, -0.2) is 4.79 Å². The number of carbonyl (C=O) groups is 3. The van der Waals surface area contributed by atoms with Gasteiger partial charge in [0.1, 0.15) is 6.04 Å². The molecule has 5 N–H and O–H groups in total. The lowest BCUT2D eigenvalue weighted by Gasteiger charge is -2.23. The van der Waals surface area contributed by atoms with Crippen LogP contribution in [0.2, 0.25) is 0 Å².